The first-order valence-corrected chi connectivity index (χ1v) is 43.3. The van der Waals surface area contributed by atoms with E-state index < -0.39 is 0 Å². The van der Waals surface area contributed by atoms with Crippen molar-refractivity contribution in [3.63, 3.8) is 0 Å². The number of pyridine rings is 3. The molecule has 6 aromatic heterocycles. The van der Waals surface area contributed by atoms with Crippen molar-refractivity contribution in [2.75, 3.05) is 0 Å². The third kappa shape index (κ3) is 13.3. The molecule has 6 heterocycles. The first kappa shape index (κ1) is 73.9. The highest BCUT2D eigenvalue weighted by molar-refractivity contribution is 6.16. The highest BCUT2D eigenvalue weighted by atomic mass is 15.1. The monoisotopic (exact) mass is 1620 g/mol. The Kier molecular flexibility index (Phi) is 18.1. The van der Waals surface area contributed by atoms with Gasteiger partial charge in [-0.1, -0.05) is 315 Å². The zero-order valence-corrected chi connectivity index (χ0v) is 69.1. The van der Waals surface area contributed by atoms with Crippen molar-refractivity contribution in [3.05, 3.63) is 467 Å². The van der Waals surface area contributed by atoms with Crippen LogP contribution in [0.1, 0.15) is 0 Å². The van der Waals surface area contributed by atoms with Crippen molar-refractivity contribution < 1.29 is 0 Å². The molecule has 19 aromatic carbocycles. The Labute approximate surface area is 733 Å². The lowest BCUT2D eigenvalue weighted by atomic mass is 9.91. The second-order valence-corrected chi connectivity index (χ2v) is 32.8. The second kappa shape index (κ2) is 31.2. The molecular weight excluding hydrogens is 1540 g/mol. The number of para-hydroxylation sites is 7. The molecule has 0 unspecified atom stereocenters. The average Bonchev–Trinajstić information content (AvgIpc) is 1.63. The summed E-state index contributed by atoms with van der Waals surface area (Å²) in [5, 5.41) is 14.5. The fraction of sp³-hybridized carbons (Fsp3) is 0. The molecule has 0 aliphatic heterocycles. The van der Waals surface area contributed by atoms with Gasteiger partial charge in [0.25, 0.3) is 0 Å². The summed E-state index contributed by atoms with van der Waals surface area (Å²) < 4.78 is 6.99. The van der Waals surface area contributed by atoms with Crippen molar-refractivity contribution in [1.29, 1.82) is 0 Å². The van der Waals surface area contributed by atoms with Crippen LogP contribution in [0, 0.1) is 0 Å². The smallest absolute Gasteiger partial charge is 0.145 e. The Morgan fingerprint density at radius 1 is 0.142 bits per heavy atom. The number of nitrogens with zero attached hydrogens (tertiary/aromatic N) is 7. The number of hydrogen-bond acceptors (Lipinski definition) is 4. The maximum absolute atomic E-state index is 5.49. The molecule has 0 atom stereocenters. The van der Waals surface area contributed by atoms with Crippen LogP contribution in [0.2, 0.25) is 0 Å². The van der Waals surface area contributed by atoms with E-state index in [1.54, 1.807) is 0 Å². The maximum atomic E-state index is 5.49. The summed E-state index contributed by atoms with van der Waals surface area (Å²) in [5.41, 5.74) is 32.5. The minimum absolute atomic E-state index is 0.916. The van der Waals surface area contributed by atoms with Gasteiger partial charge in [-0.05, 0) is 240 Å². The molecule has 7 heteroatoms. The number of rotatable bonds is 13. The highest BCUT2D eigenvalue weighted by Gasteiger charge is 2.23. The Bertz CT molecular complexity index is 8550. The van der Waals surface area contributed by atoms with Crippen LogP contribution in [-0.4, -0.2) is 33.6 Å². The average molecular weight is 1620 g/mol. The number of hydrogen-bond donors (Lipinski definition) is 0. The van der Waals surface area contributed by atoms with Gasteiger partial charge in [-0.25, -0.2) is 19.9 Å². The van der Waals surface area contributed by atoms with Gasteiger partial charge in [0.1, 0.15) is 5.82 Å². The summed E-state index contributed by atoms with van der Waals surface area (Å²) in [4.78, 5) is 21.3. The Hall–Kier alpha value is -17.0. The standard InChI is InChI=1S/C68H44N4.C52H33N3/c1-5-18-45(19-6-1)52-42-62(46-20-7-2-8-21-46)70-63(43-52)50-23-17-22-49(38-50)57-44-64(51-34-37-68-60(41-51)56-29-14-16-31-66(56)72(68)54-26-11-4-12-27-54)69-61-35-32-47(39-58(57)61)48-33-36-67-59(40-48)55-28-13-15-30-65(55)71(67)53-24-9-3-10-25-53;1-2-15-41(16-3-1)55-51-21-11-10-20-49(51)54-52(55)36-25-23-35(24-26-36)46-33-50(40-27-22-34-12-4-5-13-37(34)30-40)53-48-29-28-39(32-47(46)48)45-31-38-14-6-7-17-42(38)43-18-8-9-19-44(43)45/h1-44H;1-33H. The van der Waals surface area contributed by atoms with E-state index in [1.807, 2.05) is 6.07 Å². The molecule has 7 nitrogen and oxygen atoms in total. The Morgan fingerprint density at radius 2 is 0.528 bits per heavy atom. The SMILES string of the molecule is c1ccc(-c2cc(-c3ccccc3)nc(-c3cccc(-c4cc(-c5ccc6c(c5)c5ccccc5n6-c5ccccc5)nc5ccc(-c6ccc7c(c6)c6ccccc6n7-c6ccccc6)cc45)c3)c2)cc1.c1ccc(-n2c(-c3ccc(-c4cc(-c5ccc6ccccc6c5)nc5ccc(-c6cc7ccccc7c7ccccc67)cc45)cc3)nc3ccccc32)cc1. The zero-order chi connectivity index (χ0) is 83.8. The summed E-state index contributed by atoms with van der Waals surface area (Å²) in [5.74, 6) is 0.917. The lowest BCUT2D eigenvalue weighted by Gasteiger charge is -2.15. The number of imidazole rings is 1. The van der Waals surface area contributed by atoms with Gasteiger partial charge in [0.2, 0.25) is 0 Å². The number of aromatic nitrogens is 7. The van der Waals surface area contributed by atoms with E-state index >= 15 is 0 Å². The third-order valence-corrected chi connectivity index (χ3v) is 25.2. The molecule has 0 bridgehead atoms. The molecular formula is C120H77N7. The van der Waals surface area contributed by atoms with Gasteiger partial charge in [-0.2, -0.15) is 0 Å². The first-order valence-electron chi connectivity index (χ1n) is 43.3. The van der Waals surface area contributed by atoms with E-state index in [-0.39, 0.29) is 0 Å². The zero-order valence-electron chi connectivity index (χ0n) is 69.1. The van der Waals surface area contributed by atoms with Crippen molar-refractivity contribution in [2.45, 2.75) is 0 Å². The van der Waals surface area contributed by atoms with Crippen LogP contribution in [0.25, 0.3) is 238 Å². The minimum Gasteiger partial charge on any atom is -0.309 e. The van der Waals surface area contributed by atoms with Crippen LogP contribution < -0.4 is 0 Å². The lowest BCUT2D eigenvalue weighted by molar-refractivity contribution is 1.10. The quantitative estimate of drug-likeness (QED) is 0.108. The molecule has 0 radical (unpaired) electrons. The van der Waals surface area contributed by atoms with Gasteiger partial charge in [-0.3, -0.25) is 4.57 Å². The van der Waals surface area contributed by atoms with Crippen LogP contribution >= 0.6 is 0 Å². The summed E-state index contributed by atoms with van der Waals surface area (Å²) >= 11 is 0. The van der Waals surface area contributed by atoms with Crippen molar-refractivity contribution in [3.8, 4) is 129 Å². The number of fused-ring (bicyclic) bond motifs is 13. The second-order valence-electron chi connectivity index (χ2n) is 32.8. The van der Waals surface area contributed by atoms with E-state index in [2.05, 4.69) is 475 Å². The number of benzene rings is 19. The maximum Gasteiger partial charge on any atom is 0.145 e. The minimum atomic E-state index is 0.916. The molecule has 127 heavy (non-hydrogen) atoms. The third-order valence-electron chi connectivity index (χ3n) is 25.2. The van der Waals surface area contributed by atoms with Crippen LogP contribution in [-0.2, 0) is 0 Å². The van der Waals surface area contributed by atoms with Crippen LogP contribution in [0.15, 0.2) is 467 Å². The van der Waals surface area contributed by atoms with Crippen molar-refractivity contribution in [2.24, 2.45) is 0 Å². The van der Waals surface area contributed by atoms with Gasteiger partial charge < -0.3 is 9.13 Å². The summed E-state index contributed by atoms with van der Waals surface area (Å²) in [6.07, 6.45) is 0. The largest absolute Gasteiger partial charge is 0.309 e. The van der Waals surface area contributed by atoms with Crippen molar-refractivity contribution in [1.82, 2.24) is 33.6 Å². The molecule has 0 aliphatic rings. The molecule has 0 spiro atoms. The van der Waals surface area contributed by atoms with E-state index in [9.17, 15) is 0 Å². The summed E-state index contributed by atoms with van der Waals surface area (Å²) in [7, 11) is 0. The molecule has 0 aliphatic carbocycles. The van der Waals surface area contributed by atoms with Crippen LogP contribution in [0.3, 0.4) is 0 Å². The van der Waals surface area contributed by atoms with Gasteiger partial charge in [0, 0.05) is 77.2 Å². The summed E-state index contributed by atoms with van der Waals surface area (Å²) in [6, 6.07) is 168. The van der Waals surface area contributed by atoms with Crippen LogP contribution in [0.4, 0.5) is 0 Å². The molecule has 0 amide bonds. The fourth-order valence-electron chi connectivity index (χ4n) is 19.1. The van der Waals surface area contributed by atoms with Gasteiger partial charge in [0.05, 0.1) is 66.9 Å². The molecule has 25 rings (SSSR count). The summed E-state index contributed by atoms with van der Waals surface area (Å²) in [6.45, 7) is 0. The van der Waals surface area contributed by atoms with E-state index in [4.69, 9.17) is 19.9 Å². The molecule has 0 saturated carbocycles. The van der Waals surface area contributed by atoms with E-state index in [1.165, 1.54) is 81.5 Å². The predicted octanol–water partition coefficient (Wildman–Crippen LogP) is 31.5. The predicted molar refractivity (Wildman–Crippen MR) is 531 cm³/mol. The fourth-order valence-corrected chi connectivity index (χ4v) is 19.1. The van der Waals surface area contributed by atoms with E-state index in [0.29, 0.717) is 0 Å². The molecule has 592 valence electrons. The van der Waals surface area contributed by atoms with Crippen molar-refractivity contribution >= 4 is 109 Å². The normalized spacial score (nSPS) is 11.6. The molecule has 0 fully saturated rings. The highest BCUT2D eigenvalue weighted by Crippen LogP contribution is 2.45. The molecule has 0 N–H and O–H groups in total. The van der Waals surface area contributed by atoms with Crippen LogP contribution in [0.5, 0.6) is 0 Å². The van der Waals surface area contributed by atoms with Gasteiger partial charge in [0.15, 0.2) is 0 Å². The molecule has 25 aromatic rings. The lowest BCUT2D eigenvalue weighted by Crippen LogP contribution is -1.97. The van der Waals surface area contributed by atoms with Gasteiger partial charge >= 0.3 is 0 Å². The Balaban J connectivity index is 0.000000147. The molecule has 0 saturated heterocycles. The first-order chi connectivity index (χ1) is 62.9. The van der Waals surface area contributed by atoms with Gasteiger partial charge in [-0.15, -0.1) is 0 Å². The topological polar surface area (TPSA) is 66.3 Å². The van der Waals surface area contributed by atoms with E-state index in [0.717, 1.165) is 156 Å². The Morgan fingerprint density at radius 3 is 1.17 bits per heavy atom.